The first-order chi connectivity index (χ1) is 12.7. The summed E-state index contributed by atoms with van der Waals surface area (Å²) >= 11 is 5.73. The summed E-state index contributed by atoms with van der Waals surface area (Å²) < 4.78 is 41.8. The van der Waals surface area contributed by atoms with Gasteiger partial charge in [-0.15, -0.1) is 0 Å². The smallest absolute Gasteiger partial charge is 0.280 e. The second-order valence-electron chi connectivity index (χ2n) is 6.48. The number of carbonyl (C=O) groups is 1. The van der Waals surface area contributed by atoms with Gasteiger partial charge in [-0.25, -0.2) is 4.39 Å². The molecule has 0 aliphatic carbocycles. The van der Waals surface area contributed by atoms with Crippen LogP contribution in [-0.4, -0.2) is 31.7 Å². The van der Waals surface area contributed by atoms with E-state index in [-0.39, 0.29) is 11.4 Å². The lowest BCUT2D eigenvalue weighted by Crippen LogP contribution is -2.55. The third-order valence-electron chi connectivity index (χ3n) is 4.50. The molecule has 2 aromatic rings. The molecule has 0 saturated carbocycles. The van der Waals surface area contributed by atoms with Crippen molar-refractivity contribution in [1.29, 1.82) is 0 Å². The molecule has 0 aromatic heterocycles. The number of rotatable bonds is 3. The lowest BCUT2D eigenvalue weighted by atomic mass is 9.98. The third-order valence-corrected chi connectivity index (χ3v) is 6.39. The van der Waals surface area contributed by atoms with Gasteiger partial charge in [0.15, 0.2) is 0 Å². The molecule has 0 spiro atoms. The molecule has 1 heterocycles. The van der Waals surface area contributed by atoms with Crippen LogP contribution in [0.25, 0.3) is 0 Å². The van der Waals surface area contributed by atoms with Gasteiger partial charge in [-0.05, 0) is 37.1 Å². The highest BCUT2D eigenvalue weighted by Gasteiger charge is 2.40. The van der Waals surface area contributed by atoms with Gasteiger partial charge in [0.1, 0.15) is 11.9 Å². The molecule has 1 fully saturated rings. The number of amides is 1. The minimum absolute atomic E-state index is 0.128. The van der Waals surface area contributed by atoms with Crippen molar-refractivity contribution in [2.75, 3.05) is 12.4 Å². The predicted octanol–water partition coefficient (Wildman–Crippen LogP) is 3.01. The van der Waals surface area contributed by atoms with Crippen LogP contribution in [0.2, 0.25) is 5.02 Å². The number of hydrogen-bond acceptors (Lipinski definition) is 3. The second kappa shape index (κ2) is 7.55. The quantitative estimate of drug-likeness (QED) is 0.814. The number of halogens is 2. The van der Waals surface area contributed by atoms with E-state index in [2.05, 4.69) is 10.0 Å². The molecule has 27 heavy (non-hydrogen) atoms. The number of nitrogens with zero attached hydrogens (tertiary/aromatic N) is 1. The van der Waals surface area contributed by atoms with Gasteiger partial charge in [0.05, 0.1) is 5.02 Å². The van der Waals surface area contributed by atoms with Crippen LogP contribution in [0.5, 0.6) is 0 Å². The number of aryl methyl sites for hydroxylation is 1. The third kappa shape index (κ3) is 4.30. The van der Waals surface area contributed by atoms with Gasteiger partial charge >= 0.3 is 0 Å². The second-order valence-corrected chi connectivity index (χ2v) is 8.64. The Bertz CT molecular complexity index is 984. The first-order valence-corrected chi connectivity index (χ1v) is 10.1. The maximum atomic E-state index is 13.3. The van der Waals surface area contributed by atoms with Crippen LogP contribution in [0.15, 0.2) is 42.5 Å². The lowest BCUT2D eigenvalue weighted by molar-refractivity contribution is -0.120. The first-order valence-electron chi connectivity index (χ1n) is 8.25. The molecule has 1 aliphatic rings. The van der Waals surface area contributed by atoms with Crippen molar-refractivity contribution in [2.45, 2.75) is 25.4 Å². The number of hydrogen-bond donors (Lipinski definition) is 2. The standard InChI is InChI=1S/C18H19ClFN3O3S/c1-11-4-3-5-12(8-11)16-10-17(23(2)27(25,26)22-16)18(24)21-13-6-7-15(20)14(19)9-13/h3-9,16-17,22H,10H2,1-2H3,(H,21,24)/t16-,17+/m1/s1. The van der Waals surface area contributed by atoms with Gasteiger partial charge in [-0.1, -0.05) is 41.4 Å². The van der Waals surface area contributed by atoms with Crippen LogP contribution in [0, 0.1) is 12.7 Å². The van der Waals surface area contributed by atoms with Crippen LogP contribution in [0.1, 0.15) is 23.6 Å². The maximum Gasteiger partial charge on any atom is 0.280 e. The summed E-state index contributed by atoms with van der Waals surface area (Å²) in [6.45, 7) is 1.91. The fourth-order valence-corrected chi connectivity index (χ4v) is 4.47. The lowest BCUT2D eigenvalue weighted by Gasteiger charge is -2.36. The van der Waals surface area contributed by atoms with Crippen LogP contribution in [0.4, 0.5) is 10.1 Å². The molecule has 6 nitrogen and oxygen atoms in total. The van der Waals surface area contributed by atoms with Gasteiger partial charge in [-0.2, -0.15) is 17.4 Å². The van der Waals surface area contributed by atoms with E-state index in [1.54, 1.807) is 0 Å². The highest BCUT2D eigenvalue weighted by atomic mass is 35.5. The Morgan fingerprint density at radius 2 is 2.04 bits per heavy atom. The molecule has 0 unspecified atom stereocenters. The Kier molecular flexibility index (Phi) is 5.53. The molecule has 144 valence electrons. The van der Waals surface area contributed by atoms with E-state index in [1.807, 2.05) is 31.2 Å². The van der Waals surface area contributed by atoms with E-state index < -0.39 is 34.0 Å². The fraction of sp³-hybridized carbons (Fsp3) is 0.278. The molecule has 0 bridgehead atoms. The van der Waals surface area contributed by atoms with Crippen LogP contribution in [-0.2, 0) is 15.0 Å². The van der Waals surface area contributed by atoms with E-state index in [0.717, 1.165) is 21.5 Å². The molecular formula is C18H19ClFN3O3S. The zero-order valence-corrected chi connectivity index (χ0v) is 16.3. The Morgan fingerprint density at radius 1 is 1.30 bits per heavy atom. The minimum Gasteiger partial charge on any atom is -0.325 e. The van der Waals surface area contributed by atoms with E-state index in [1.165, 1.54) is 19.2 Å². The number of carbonyl (C=O) groups excluding carboxylic acids is 1. The molecule has 9 heteroatoms. The van der Waals surface area contributed by atoms with Crippen molar-refractivity contribution >= 4 is 33.4 Å². The molecule has 1 amide bonds. The summed E-state index contributed by atoms with van der Waals surface area (Å²) in [5, 5.41) is 2.48. The number of anilines is 1. The Balaban J connectivity index is 1.85. The molecular weight excluding hydrogens is 393 g/mol. The summed E-state index contributed by atoms with van der Waals surface area (Å²) in [4.78, 5) is 12.7. The Labute approximate surface area is 162 Å². The summed E-state index contributed by atoms with van der Waals surface area (Å²) in [6.07, 6.45) is 0.250. The first kappa shape index (κ1) is 19.8. The topological polar surface area (TPSA) is 78.5 Å². The van der Waals surface area contributed by atoms with Gasteiger partial charge in [0.25, 0.3) is 10.2 Å². The van der Waals surface area contributed by atoms with Crippen LogP contribution in [0.3, 0.4) is 0 Å². The highest BCUT2D eigenvalue weighted by molar-refractivity contribution is 7.87. The molecule has 2 aromatic carbocycles. The molecule has 1 aliphatic heterocycles. The van der Waals surface area contributed by atoms with E-state index in [4.69, 9.17) is 11.6 Å². The summed E-state index contributed by atoms with van der Waals surface area (Å²) in [5.74, 6) is -1.11. The van der Waals surface area contributed by atoms with Crippen molar-refractivity contribution in [1.82, 2.24) is 9.03 Å². The number of benzene rings is 2. The van der Waals surface area contributed by atoms with Gasteiger partial charge < -0.3 is 5.32 Å². The van der Waals surface area contributed by atoms with Gasteiger partial charge in [0.2, 0.25) is 5.91 Å². The SMILES string of the molecule is Cc1cccc([C@H]2C[C@@H](C(=O)Nc3ccc(F)c(Cl)c3)N(C)S(=O)(=O)N2)c1. The zero-order chi connectivity index (χ0) is 19.8. The zero-order valence-electron chi connectivity index (χ0n) is 14.7. The van der Waals surface area contributed by atoms with E-state index in [9.17, 15) is 17.6 Å². The summed E-state index contributed by atoms with van der Waals surface area (Å²) in [7, 11) is -2.49. The number of likely N-dealkylation sites (N-methyl/N-ethyl adjacent to an activating group) is 1. The average molecular weight is 412 g/mol. The van der Waals surface area contributed by atoms with Gasteiger partial charge in [0, 0.05) is 18.8 Å². The minimum atomic E-state index is -3.84. The largest absolute Gasteiger partial charge is 0.325 e. The average Bonchev–Trinajstić information content (AvgIpc) is 2.60. The normalized spacial score (nSPS) is 22.4. The molecule has 0 radical (unpaired) electrons. The van der Waals surface area contributed by atoms with E-state index in [0.29, 0.717) is 5.69 Å². The Morgan fingerprint density at radius 3 is 2.70 bits per heavy atom. The summed E-state index contributed by atoms with van der Waals surface area (Å²) in [5.41, 5.74) is 2.07. The van der Waals surface area contributed by atoms with Crippen molar-refractivity contribution < 1.29 is 17.6 Å². The summed E-state index contributed by atoms with van der Waals surface area (Å²) in [6, 6.07) is 9.78. The molecule has 3 rings (SSSR count). The van der Waals surface area contributed by atoms with Crippen molar-refractivity contribution in [3.8, 4) is 0 Å². The van der Waals surface area contributed by atoms with Crippen LogP contribution < -0.4 is 10.0 Å². The number of nitrogens with one attached hydrogen (secondary N) is 2. The predicted molar refractivity (Wildman–Crippen MR) is 102 cm³/mol. The van der Waals surface area contributed by atoms with Crippen molar-refractivity contribution in [3.63, 3.8) is 0 Å². The Hall–Kier alpha value is -2.00. The van der Waals surface area contributed by atoms with E-state index >= 15 is 0 Å². The van der Waals surface area contributed by atoms with Gasteiger partial charge in [-0.3, -0.25) is 4.79 Å². The molecule has 2 atom stereocenters. The van der Waals surface area contributed by atoms with Crippen molar-refractivity contribution in [3.05, 3.63) is 64.4 Å². The molecule has 2 N–H and O–H groups in total. The van der Waals surface area contributed by atoms with Crippen LogP contribution >= 0.6 is 11.6 Å². The highest BCUT2D eigenvalue weighted by Crippen LogP contribution is 2.29. The fourth-order valence-electron chi connectivity index (χ4n) is 3.01. The van der Waals surface area contributed by atoms with Crippen molar-refractivity contribution in [2.24, 2.45) is 0 Å². The monoisotopic (exact) mass is 411 g/mol. The molecule has 1 saturated heterocycles. The maximum absolute atomic E-state index is 13.3.